The van der Waals surface area contributed by atoms with Crippen LogP contribution in [0.2, 0.25) is 0 Å². The van der Waals surface area contributed by atoms with Gasteiger partial charge in [0.1, 0.15) is 0 Å². The number of fused-ring (bicyclic) bond motifs is 1. The number of ether oxygens (including phenoxy) is 2. The van der Waals surface area contributed by atoms with Gasteiger partial charge in [0.25, 0.3) is 0 Å². The molecule has 3 aromatic rings. The zero-order valence-electron chi connectivity index (χ0n) is 17.1. The average molecular weight is 400 g/mol. The van der Waals surface area contributed by atoms with Crippen LogP contribution in [-0.4, -0.2) is 26.8 Å². The second kappa shape index (κ2) is 7.10. The Morgan fingerprint density at radius 2 is 1.67 bits per heavy atom. The zero-order valence-corrected chi connectivity index (χ0v) is 17.1. The maximum absolute atomic E-state index is 13.2. The summed E-state index contributed by atoms with van der Waals surface area (Å²) in [6, 6.07) is 22.2. The van der Waals surface area contributed by atoms with Gasteiger partial charge >= 0.3 is 0 Å². The van der Waals surface area contributed by atoms with Gasteiger partial charge in [-0.3, -0.25) is 4.79 Å². The maximum atomic E-state index is 13.2. The Labute approximate surface area is 176 Å². The highest BCUT2D eigenvalue weighted by atomic mass is 16.7. The molecule has 0 spiro atoms. The van der Waals surface area contributed by atoms with Crippen molar-refractivity contribution in [3.05, 3.63) is 72.3 Å². The lowest BCUT2D eigenvalue weighted by Crippen LogP contribution is -2.27. The van der Waals surface area contributed by atoms with Crippen LogP contribution < -0.4 is 19.7 Å². The molecule has 1 fully saturated rings. The number of carbonyl (C=O) groups excluding carboxylic acids is 1. The number of carbonyl (C=O) groups is 1. The third-order valence-corrected chi connectivity index (χ3v) is 5.95. The second-order valence-electron chi connectivity index (χ2n) is 8.13. The molecule has 0 saturated heterocycles. The van der Waals surface area contributed by atoms with Gasteiger partial charge < -0.3 is 19.7 Å². The molecule has 30 heavy (non-hydrogen) atoms. The summed E-state index contributed by atoms with van der Waals surface area (Å²) in [4.78, 5) is 15.3. The van der Waals surface area contributed by atoms with Gasteiger partial charge in [0.15, 0.2) is 11.5 Å². The van der Waals surface area contributed by atoms with Crippen molar-refractivity contribution in [3.8, 4) is 22.6 Å². The molecular weight excluding hydrogens is 376 g/mol. The normalized spacial score (nSPS) is 15.5. The molecule has 1 aliphatic heterocycles. The zero-order chi connectivity index (χ0) is 20.7. The molecule has 1 N–H and O–H groups in total. The minimum absolute atomic E-state index is 0.0291. The molecule has 1 aliphatic carbocycles. The lowest BCUT2D eigenvalue weighted by molar-refractivity contribution is -0.118. The molecule has 0 unspecified atom stereocenters. The highest BCUT2D eigenvalue weighted by molar-refractivity contribution is 6.01. The van der Waals surface area contributed by atoms with Crippen LogP contribution in [0.4, 0.5) is 11.4 Å². The van der Waals surface area contributed by atoms with Crippen LogP contribution in [0.5, 0.6) is 11.5 Å². The topological polar surface area (TPSA) is 50.8 Å². The van der Waals surface area contributed by atoms with Crippen molar-refractivity contribution in [2.24, 2.45) is 0 Å². The summed E-state index contributed by atoms with van der Waals surface area (Å²) in [5.74, 6) is 1.49. The molecule has 0 atom stereocenters. The van der Waals surface area contributed by atoms with Crippen LogP contribution >= 0.6 is 0 Å². The molecular formula is C25H24N2O3. The molecule has 152 valence electrons. The highest BCUT2D eigenvalue weighted by Gasteiger charge is 2.51. The minimum Gasteiger partial charge on any atom is -0.454 e. The fourth-order valence-electron chi connectivity index (χ4n) is 3.95. The molecule has 0 bridgehead atoms. The minimum atomic E-state index is -0.482. The summed E-state index contributed by atoms with van der Waals surface area (Å²) in [6.07, 6.45) is 1.67. The van der Waals surface area contributed by atoms with Crippen LogP contribution in [0.25, 0.3) is 11.1 Å². The van der Waals surface area contributed by atoms with Crippen LogP contribution in [0.3, 0.4) is 0 Å². The first kappa shape index (κ1) is 18.6. The van der Waals surface area contributed by atoms with Gasteiger partial charge in [0, 0.05) is 25.5 Å². The molecule has 5 nitrogen and oxygen atoms in total. The van der Waals surface area contributed by atoms with E-state index in [2.05, 4.69) is 40.5 Å². The van der Waals surface area contributed by atoms with Crippen LogP contribution in [0, 0.1) is 0 Å². The van der Waals surface area contributed by atoms with Crippen molar-refractivity contribution in [2.75, 3.05) is 31.1 Å². The molecule has 0 aromatic heterocycles. The standard InChI is InChI=1S/C25H24N2O3/c1-27(2)21-9-6-17(7-10-21)18-4-3-5-20(14-18)26-24(28)25(12-13-25)19-8-11-22-23(15-19)30-16-29-22/h3-11,14-15H,12-13,16H2,1-2H3,(H,26,28). The van der Waals surface area contributed by atoms with Gasteiger partial charge in [-0.15, -0.1) is 0 Å². The summed E-state index contributed by atoms with van der Waals surface area (Å²) < 4.78 is 10.9. The SMILES string of the molecule is CN(C)c1ccc(-c2cccc(NC(=O)C3(c4ccc5c(c4)OCO5)CC3)c2)cc1. The van der Waals surface area contributed by atoms with E-state index in [0.717, 1.165) is 52.4 Å². The van der Waals surface area contributed by atoms with E-state index in [1.54, 1.807) is 0 Å². The highest BCUT2D eigenvalue weighted by Crippen LogP contribution is 2.51. The van der Waals surface area contributed by atoms with Crippen molar-refractivity contribution >= 4 is 17.3 Å². The summed E-state index contributed by atoms with van der Waals surface area (Å²) in [5.41, 5.74) is 4.66. The predicted molar refractivity (Wildman–Crippen MR) is 118 cm³/mol. The van der Waals surface area contributed by atoms with Gasteiger partial charge in [-0.2, -0.15) is 0 Å². The molecule has 2 aliphatic rings. The van der Waals surface area contributed by atoms with Crippen LogP contribution in [0.15, 0.2) is 66.7 Å². The van der Waals surface area contributed by atoms with E-state index in [9.17, 15) is 4.79 Å². The van der Waals surface area contributed by atoms with E-state index in [4.69, 9.17) is 9.47 Å². The van der Waals surface area contributed by atoms with E-state index >= 15 is 0 Å². The van der Waals surface area contributed by atoms with Gasteiger partial charge in [0.2, 0.25) is 12.7 Å². The number of anilines is 2. The summed E-state index contributed by atoms with van der Waals surface area (Å²) in [6.45, 7) is 0.236. The van der Waals surface area contributed by atoms with Gasteiger partial charge in [-0.1, -0.05) is 30.3 Å². The van der Waals surface area contributed by atoms with E-state index in [1.807, 2.05) is 50.5 Å². The molecule has 3 aromatic carbocycles. The Kier molecular flexibility index (Phi) is 4.39. The molecule has 0 radical (unpaired) electrons. The van der Waals surface area contributed by atoms with Crippen molar-refractivity contribution in [2.45, 2.75) is 18.3 Å². The molecule has 5 heteroatoms. The van der Waals surface area contributed by atoms with E-state index < -0.39 is 5.41 Å². The smallest absolute Gasteiger partial charge is 0.235 e. The molecule has 5 rings (SSSR count). The van der Waals surface area contributed by atoms with Crippen molar-refractivity contribution in [1.29, 1.82) is 0 Å². The third kappa shape index (κ3) is 3.26. The summed E-state index contributed by atoms with van der Waals surface area (Å²) in [5, 5.41) is 3.13. The number of hydrogen-bond donors (Lipinski definition) is 1. The Hall–Kier alpha value is -3.47. The lowest BCUT2D eigenvalue weighted by atomic mass is 9.94. The van der Waals surface area contributed by atoms with Crippen molar-refractivity contribution in [3.63, 3.8) is 0 Å². The Morgan fingerprint density at radius 3 is 2.40 bits per heavy atom. The number of benzene rings is 3. The van der Waals surface area contributed by atoms with E-state index in [-0.39, 0.29) is 12.7 Å². The van der Waals surface area contributed by atoms with E-state index in [0.29, 0.717) is 0 Å². The molecule has 1 amide bonds. The molecule has 1 heterocycles. The van der Waals surface area contributed by atoms with Crippen molar-refractivity contribution < 1.29 is 14.3 Å². The number of nitrogens with one attached hydrogen (secondary N) is 1. The average Bonchev–Trinajstić information content (AvgIpc) is 3.45. The first-order chi connectivity index (χ1) is 14.5. The maximum Gasteiger partial charge on any atom is 0.235 e. The second-order valence-corrected chi connectivity index (χ2v) is 8.13. The Bertz CT molecular complexity index is 1100. The van der Waals surface area contributed by atoms with Gasteiger partial charge in [-0.25, -0.2) is 0 Å². The fraction of sp³-hybridized carbons (Fsp3) is 0.240. The van der Waals surface area contributed by atoms with Crippen molar-refractivity contribution in [1.82, 2.24) is 0 Å². The van der Waals surface area contributed by atoms with Gasteiger partial charge in [-0.05, 0) is 65.9 Å². The summed E-state index contributed by atoms with van der Waals surface area (Å²) in [7, 11) is 4.05. The molecule has 1 saturated carbocycles. The monoisotopic (exact) mass is 400 g/mol. The Morgan fingerprint density at radius 1 is 0.900 bits per heavy atom. The summed E-state index contributed by atoms with van der Waals surface area (Å²) >= 11 is 0. The number of hydrogen-bond acceptors (Lipinski definition) is 4. The van der Waals surface area contributed by atoms with E-state index in [1.165, 1.54) is 0 Å². The Balaban J connectivity index is 1.36. The number of nitrogens with zero attached hydrogens (tertiary/aromatic N) is 1. The van der Waals surface area contributed by atoms with Gasteiger partial charge in [0.05, 0.1) is 5.41 Å². The third-order valence-electron chi connectivity index (χ3n) is 5.95. The lowest BCUT2D eigenvalue weighted by Gasteiger charge is -2.17. The largest absolute Gasteiger partial charge is 0.454 e. The first-order valence-corrected chi connectivity index (χ1v) is 10.1. The van der Waals surface area contributed by atoms with Crippen LogP contribution in [0.1, 0.15) is 18.4 Å². The van der Waals surface area contributed by atoms with Crippen LogP contribution in [-0.2, 0) is 10.2 Å². The quantitative estimate of drug-likeness (QED) is 0.667. The first-order valence-electron chi connectivity index (χ1n) is 10.1. The number of rotatable bonds is 5. The fourth-order valence-corrected chi connectivity index (χ4v) is 3.95. The number of amides is 1. The predicted octanol–water partition coefficient (Wildman–Crippen LogP) is 4.82.